The van der Waals surface area contributed by atoms with Crippen molar-refractivity contribution in [2.75, 3.05) is 58.5 Å². The van der Waals surface area contributed by atoms with Crippen LogP contribution in [-0.4, -0.2) is 69.5 Å². The van der Waals surface area contributed by atoms with Crippen molar-refractivity contribution in [1.29, 1.82) is 0 Å². The summed E-state index contributed by atoms with van der Waals surface area (Å²) in [6, 6.07) is 12.5. The smallest absolute Gasteiger partial charge is 0.341 e. The summed E-state index contributed by atoms with van der Waals surface area (Å²) in [5.74, 6) is 0.858. The van der Waals surface area contributed by atoms with Gasteiger partial charge in [-0.15, -0.1) is 24.8 Å². The average Bonchev–Trinajstić information content (AvgIpc) is 2.79. The van der Waals surface area contributed by atoms with Gasteiger partial charge in [-0.05, 0) is 43.7 Å². The monoisotopic (exact) mass is 486 g/mol. The van der Waals surface area contributed by atoms with E-state index in [0.29, 0.717) is 17.9 Å². The molecule has 178 valence electrons. The lowest BCUT2D eigenvalue weighted by molar-refractivity contribution is 0.0596. The lowest BCUT2D eigenvalue weighted by Crippen LogP contribution is -2.46. The van der Waals surface area contributed by atoms with Crippen LogP contribution in [0.25, 0.3) is 0 Å². The number of aromatic hydroxyl groups is 1. The second-order valence-corrected chi connectivity index (χ2v) is 7.23. The van der Waals surface area contributed by atoms with Crippen LogP contribution in [0.15, 0.2) is 42.5 Å². The zero-order valence-electron chi connectivity index (χ0n) is 18.5. The molecule has 3 rings (SSSR count). The van der Waals surface area contributed by atoms with Crippen LogP contribution in [0.1, 0.15) is 23.2 Å². The first-order valence-corrected chi connectivity index (χ1v) is 10.3. The Morgan fingerprint density at radius 2 is 1.69 bits per heavy atom. The third-order valence-electron chi connectivity index (χ3n) is 5.29. The fourth-order valence-corrected chi connectivity index (χ4v) is 3.63. The van der Waals surface area contributed by atoms with Gasteiger partial charge in [-0.1, -0.05) is 12.1 Å². The highest BCUT2D eigenvalue weighted by Crippen LogP contribution is 2.28. The van der Waals surface area contributed by atoms with Crippen LogP contribution in [-0.2, 0) is 4.74 Å². The Morgan fingerprint density at radius 3 is 2.38 bits per heavy atom. The zero-order valence-corrected chi connectivity index (χ0v) is 20.1. The summed E-state index contributed by atoms with van der Waals surface area (Å²) in [6.07, 6.45) is 1.87. The van der Waals surface area contributed by atoms with Crippen LogP contribution in [0.4, 0.5) is 5.69 Å². The number of nitrogens with zero attached hydrogens (tertiary/aromatic N) is 2. The van der Waals surface area contributed by atoms with Crippen molar-refractivity contribution in [3.63, 3.8) is 0 Å². The Kier molecular flexibility index (Phi) is 12.1. The predicted molar refractivity (Wildman–Crippen MR) is 130 cm³/mol. The van der Waals surface area contributed by atoms with Gasteiger partial charge < -0.3 is 24.2 Å². The Balaban J connectivity index is 0.00000256. The summed E-state index contributed by atoms with van der Waals surface area (Å²) >= 11 is 0. The number of phenolic OH excluding ortho intramolecular Hbond substituents is 1. The minimum atomic E-state index is -0.474. The van der Waals surface area contributed by atoms with Crippen LogP contribution >= 0.6 is 24.8 Å². The molecule has 0 unspecified atom stereocenters. The number of unbranched alkanes of at least 4 members (excludes halogenated alkanes) is 1. The SMILES string of the molecule is COC(=O)c1ccc(O)cc1OCCCCN1CCN(c2ccccc2OC)CC1.Cl.Cl. The molecule has 32 heavy (non-hydrogen) atoms. The number of benzene rings is 2. The topological polar surface area (TPSA) is 71.5 Å². The normalized spacial score (nSPS) is 13.5. The lowest BCUT2D eigenvalue weighted by Gasteiger charge is -2.36. The van der Waals surface area contributed by atoms with Gasteiger partial charge in [0.2, 0.25) is 0 Å². The molecule has 2 aromatic rings. The maximum atomic E-state index is 11.8. The minimum absolute atomic E-state index is 0. The number of para-hydroxylation sites is 2. The Labute approximate surface area is 202 Å². The number of rotatable bonds is 9. The molecule has 0 aromatic heterocycles. The molecule has 2 aromatic carbocycles. The van der Waals surface area contributed by atoms with Crippen molar-refractivity contribution >= 4 is 36.5 Å². The first-order chi connectivity index (χ1) is 14.6. The maximum absolute atomic E-state index is 11.8. The van der Waals surface area contributed by atoms with E-state index >= 15 is 0 Å². The summed E-state index contributed by atoms with van der Waals surface area (Å²) in [4.78, 5) is 16.6. The van der Waals surface area contributed by atoms with Crippen LogP contribution in [0, 0.1) is 0 Å². The van der Waals surface area contributed by atoms with Gasteiger partial charge in [0.15, 0.2) is 0 Å². The van der Waals surface area contributed by atoms with E-state index in [1.165, 1.54) is 25.3 Å². The molecule has 1 aliphatic rings. The molecule has 0 bridgehead atoms. The molecule has 0 amide bonds. The van der Waals surface area contributed by atoms with E-state index in [0.717, 1.165) is 57.0 Å². The number of carbonyl (C=O) groups excluding carboxylic acids is 1. The summed E-state index contributed by atoms with van der Waals surface area (Å²) in [5, 5.41) is 9.65. The summed E-state index contributed by atoms with van der Waals surface area (Å²) in [7, 11) is 3.04. The largest absolute Gasteiger partial charge is 0.508 e. The molecule has 9 heteroatoms. The van der Waals surface area contributed by atoms with E-state index in [4.69, 9.17) is 14.2 Å². The second kappa shape index (κ2) is 13.9. The summed E-state index contributed by atoms with van der Waals surface area (Å²) in [5.41, 5.74) is 1.48. The molecule has 1 heterocycles. The van der Waals surface area contributed by atoms with Crippen molar-refractivity contribution < 1.29 is 24.1 Å². The molecule has 1 saturated heterocycles. The number of hydrogen-bond donors (Lipinski definition) is 1. The highest BCUT2D eigenvalue weighted by Gasteiger charge is 2.19. The summed E-state index contributed by atoms with van der Waals surface area (Å²) < 4.78 is 16.0. The lowest BCUT2D eigenvalue weighted by atomic mass is 10.2. The highest BCUT2D eigenvalue weighted by molar-refractivity contribution is 5.92. The number of hydrogen-bond acceptors (Lipinski definition) is 7. The van der Waals surface area contributed by atoms with Gasteiger partial charge in [0.25, 0.3) is 0 Å². The number of methoxy groups -OCH3 is 2. The van der Waals surface area contributed by atoms with Crippen molar-refractivity contribution in [2.45, 2.75) is 12.8 Å². The number of carbonyl (C=O) groups is 1. The fourth-order valence-electron chi connectivity index (χ4n) is 3.63. The van der Waals surface area contributed by atoms with E-state index in [1.54, 1.807) is 7.11 Å². The van der Waals surface area contributed by atoms with Crippen molar-refractivity contribution in [3.05, 3.63) is 48.0 Å². The molecule has 1 N–H and O–H groups in total. The molecule has 0 spiro atoms. The maximum Gasteiger partial charge on any atom is 0.341 e. The van der Waals surface area contributed by atoms with E-state index in [2.05, 4.69) is 15.9 Å². The third kappa shape index (κ3) is 7.36. The fraction of sp³-hybridized carbons (Fsp3) is 0.435. The number of halogens is 2. The zero-order chi connectivity index (χ0) is 21.3. The first kappa shape index (κ1) is 27.7. The van der Waals surface area contributed by atoms with E-state index in [9.17, 15) is 9.90 Å². The number of anilines is 1. The van der Waals surface area contributed by atoms with Gasteiger partial charge >= 0.3 is 5.97 Å². The molecule has 0 atom stereocenters. The quantitative estimate of drug-likeness (QED) is 0.423. The predicted octanol–water partition coefficient (Wildman–Crippen LogP) is 4.01. The Hall–Kier alpha value is -2.35. The Bertz CT molecular complexity index is 845. The van der Waals surface area contributed by atoms with Gasteiger partial charge in [-0.25, -0.2) is 4.79 Å². The Morgan fingerprint density at radius 1 is 0.969 bits per heavy atom. The van der Waals surface area contributed by atoms with E-state index < -0.39 is 5.97 Å². The third-order valence-corrected chi connectivity index (χ3v) is 5.29. The summed E-state index contributed by atoms with van der Waals surface area (Å²) in [6.45, 7) is 5.46. The van der Waals surface area contributed by atoms with Crippen molar-refractivity contribution in [1.82, 2.24) is 4.90 Å². The van der Waals surface area contributed by atoms with Gasteiger partial charge in [-0.2, -0.15) is 0 Å². The van der Waals surface area contributed by atoms with Crippen LogP contribution in [0.2, 0.25) is 0 Å². The molecule has 1 fully saturated rings. The van der Waals surface area contributed by atoms with E-state index in [1.807, 2.05) is 18.2 Å². The van der Waals surface area contributed by atoms with Crippen LogP contribution in [0.5, 0.6) is 17.2 Å². The van der Waals surface area contributed by atoms with Gasteiger partial charge in [0.05, 0.1) is 26.5 Å². The average molecular weight is 487 g/mol. The van der Waals surface area contributed by atoms with Gasteiger partial charge in [0.1, 0.15) is 22.8 Å². The van der Waals surface area contributed by atoms with Crippen LogP contribution in [0.3, 0.4) is 0 Å². The standard InChI is InChI=1S/C23H30N2O5.2ClH/c1-28-21-8-4-3-7-20(21)25-14-12-24(13-15-25)11-5-6-16-30-22-17-18(26)9-10-19(22)23(27)29-2;;/h3-4,7-10,17,26H,5-6,11-16H2,1-2H3;2*1H. The van der Waals surface area contributed by atoms with E-state index in [-0.39, 0.29) is 30.6 Å². The van der Waals surface area contributed by atoms with Gasteiger partial charge in [-0.3, -0.25) is 4.90 Å². The molecule has 7 nitrogen and oxygen atoms in total. The molecular weight excluding hydrogens is 455 g/mol. The highest BCUT2D eigenvalue weighted by atomic mass is 35.5. The van der Waals surface area contributed by atoms with Crippen LogP contribution < -0.4 is 14.4 Å². The van der Waals surface area contributed by atoms with Crippen molar-refractivity contribution in [2.24, 2.45) is 0 Å². The first-order valence-electron chi connectivity index (χ1n) is 10.3. The number of ether oxygens (including phenoxy) is 3. The molecular formula is C23H32Cl2N2O5. The molecule has 0 aliphatic carbocycles. The molecule has 0 saturated carbocycles. The minimum Gasteiger partial charge on any atom is -0.508 e. The van der Waals surface area contributed by atoms with Gasteiger partial charge in [0, 0.05) is 32.2 Å². The van der Waals surface area contributed by atoms with Crippen molar-refractivity contribution in [3.8, 4) is 17.2 Å². The number of esters is 1. The molecule has 0 radical (unpaired) electrons. The molecule has 1 aliphatic heterocycles. The number of piperazine rings is 1. The number of phenols is 1. The second-order valence-electron chi connectivity index (χ2n) is 7.23.